The average Bonchev–Trinajstić information content (AvgIpc) is 4.01. The maximum atomic E-state index is 12.6. The van der Waals surface area contributed by atoms with Crippen molar-refractivity contribution in [1.29, 1.82) is 0 Å². The fourth-order valence-corrected chi connectivity index (χ4v) is 8.16. The van der Waals surface area contributed by atoms with Crippen LogP contribution in [0.25, 0.3) is 33.7 Å². The van der Waals surface area contributed by atoms with E-state index in [0.717, 1.165) is 81.6 Å². The number of rotatable bonds is 12. The molecule has 1 aliphatic heterocycles. The normalized spacial score (nSPS) is 13.2. The summed E-state index contributed by atoms with van der Waals surface area (Å²) in [5.74, 6) is 2.50. The standard InChI is InChI=1S/C47H42N8O/c1-2-3-24-42-48-41-30-31-43(53-32-15-25-44(53)56)49-46(41)54(42)33-34-26-28-35(29-27-34)39-22-13-14-23-40(39)45-50-51-52-55(45)47(36-16-7-4-8-17-36,37-18-9-5-10-19-37)38-20-11-6-12-21-38/h4-14,16-23,26-31H,2-3,15,24-25,32-33H2,1H3. The molecule has 0 radical (unpaired) electrons. The van der Waals surface area contributed by atoms with Crippen molar-refractivity contribution in [3.8, 4) is 22.5 Å². The van der Waals surface area contributed by atoms with Crippen molar-refractivity contribution in [3.05, 3.63) is 180 Å². The van der Waals surface area contributed by atoms with Crippen LogP contribution in [0.15, 0.2) is 152 Å². The molecule has 5 aromatic carbocycles. The van der Waals surface area contributed by atoms with Gasteiger partial charge in [-0.1, -0.05) is 153 Å². The quantitative estimate of drug-likeness (QED) is 0.116. The summed E-state index contributed by atoms with van der Waals surface area (Å²) < 4.78 is 4.21. The van der Waals surface area contributed by atoms with Gasteiger partial charge in [0.15, 0.2) is 11.5 Å². The largest absolute Gasteiger partial charge is 0.308 e. The van der Waals surface area contributed by atoms with Crippen molar-refractivity contribution in [2.45, 2.75) is 51.1 Å². The van der Waals surface area contributed by atoms with Crippen molar-refractivity contribution in [2.75, 3.05) is 11.4 Å². The van der Waals surface area contributed by atoms with E-state index in [4.69, 9.17) is 20.3 Å². The van der Waals surface area contributed by atoms with Crippen LogP contribution in [-0.2, 0) is 23.3 Å². The number of imidazole rings is 1. The number of pyridine rings is 1. The van der Waals surface area contributed by atoms with Gasteiger partial charge in [-0.2, -0.15) is 0 Å². The molecule has 3 aromatic heterocycles. The summed E-state index contributed by atoms with van der Waals surface area (Å²) >= 11 is 0. The zero-order valence-electron chi connectivity index (χ0n) is 31.4. The summed E-state index contributed by atoms with van der Waals surface area (Å²) in [7, 11) is 0. The predicted octanol–water partition coefficient (Wildman–Crippen LogP) is 9.11. The van der Waals surface area contributed by atoms with Gasteiger partial charge < -0.3 is 4.57 Å². The molecule has 9 nitrogen and oxygen atoms in total. The SMILES string of the molecule is CCCCc1nc2ccc(N3CCCC3=O)nc2n1Cc1ccc(-c2ccccc2-c2nnnn2C(c2ccccc2)(c2ccccc2)c2ccccc2)cc1. The number of fused-ring (bicyclic) bond motifs is 1. The first kappa shape index (κ1) is 35.0. The number of carbonyl (C=O) groups excluding carboxylic acids is 1. The van der Waals surface area contributed by atoms with Crippen LogP contribution in [-0.4, -0.2) is 47.2 Å². The fourth-order valence-electron chi connectivity index (χ4n) is 8.16. The van der Waals surface area contributed by atoms with Crippen LogP contribution in [0.1, 0.15) is 60.7 Å². The van der Waals surface area contributed by atoms with Gasteiger partial charge in [0.1, 0.15) is 22.7 Å². The van der Waals surface area contributed by atoms with E-state index in [0.29, 0.717) is 31.2 Å². The molecule has 1 aliphatic rings. The van der Waals surface area contributed by atoms with Crippen molar-refractivity contribution >= 4 is 22.9 Å². The zero-order chi connectivity index (χ0) is 37.9. The van der Waals surface area contributed by atoms with E-state index in [1.807, 2.05) is 41.1 Å². The van der Waals surface area contributed by atoms with E-state index in [-0.39, 0.29) is 5.91 Å². The first-order valence-corrected chi connectivity index (χ1v) is 19.5. The van der Waals surface area contributed by atoms with Crippen molar-refractivity contribution < 1.29 is 4.79 Å². The molecule has 0 saturated carbocycles. The number of tetrazole rings is 1. The number of anilines is 1. The number of aromatic nitrogens is 7. The lowest BCUT2D eigenvalue weighted by atomic mass is 9.77. The molecule has 276 valence electrons. The summed E-state index contributed by atoms with van der Waals surface area (Å²) in [6, 6.07) is 52.4. The smallest absolute Gasteiger partial charge is 0.228 e. The molecule has 9 heteroatoms. The molecule has 9 rings (SSSR count). The molecule has 1 amide bonds. The first-order chi connectivity index (χ1) is 27.6. The molecule has 0 aliphatic carbocycles. The molecular weight excluding hydrogens is 693 g/mol. The van der Waals surface area contributed by atoms with Gasteiger partial charge in [-0.15, -0.1) is 5.10 Å². The molecule has 0 N–H and O–H groups in total. The highest BCUT2D eigenvalue weighted by atomic mass is 16.2. The Morgan fingerprint density at radius 2 is 1.30 bits per heavy atom. The molecule has 1 fully saturated rings. The Bertz CT molecular complexity index is 2500. The van der Waals surface area contributed by atoms with E-state index in [2.05, 4.69) is 132 Å². The molecule has 4 heterocycles. The molecule has 56 heavy (non-hydrogen) atoms. The third kappa shape index (κ3) is 6.24. The number of benzene rings is 5. The van der Waals surface area contributed by atoms with Gasteiger partial charge in [0.25, 0.3) is 0 Å². The van der Waals surface area contributed by atoms with Gasteiger partial charge in [0, 0.05) is 24.9 Å². The lowest BCUT2D eigenvalue weighted by Gasteiger charge is -2.36. The highest BCUT2D eigenvalue weighted by Crippen LogP contribution is 2.43. The lowest BCUT2D eigenvalue weighted by molar-refractivity contribution is -0.117. The van der Waals surface area contributed by atoms with E-state index < -0.39 is 5.54 Å². The Kier molecular flexibility index (Phi) is 9.49. The van der Waals surface area contributed by atoms with Crippen molar-refractivity contribution in [1.82, 2.24) is 34.7 Å². The Morgan fingerprint density at radius 3 is 1.91 bits per heavy atom. The molecule has 8 aromatic rings. The van der Waals surface area contributed by atoms with Crippen molar-refractivity contribution in [2.24, 2.45) is 0 Å². The third-order valence-corrected chi connectivity index (χ3v) is 10.9. The van der Waals surface area contributed by atoms with Crippen LogP contribution in [0.5, 0.6) is 0 Å². The maximum absolute atomic E-state index is 12.6. The number of unbranched alkanes of at least 4 members (excludes halogenated alkanes) is 1. The number of carbonyl (C=O) groups is 1. The zero-order valence-corrected chi connectivity index (χ0v) is 31.4. The van der Waals surface area contributed by atoms with Crippen LogP contribution >= 0.6 is 0 Å². The second-order valence-electron chi connectivity index (χ2n) is 14.3. The van der Waals surface area contributed by atoms with Gasteiger partial charge in [-0.25, -0.2) is 14.6 Å². The van der Waals surface area contributed by atoms with Crippen molar-refractivity contribution in [3.63, 3.8) is 0 Å². The molecule has 1 saturated heterocycles. The molecule has 0 atom stereocenters. The van der Waals surface area contributed by atoms with E-state index in [1.54, 1.807) is 4.90 Å². The van der Waals surface area contributed by atoms with E-state index in [1.165, 1.54) is 0 Å². The topological polar surface area (TPSA) is 94.6 Å². The Labute approximate surface area is 326 Å². The number of hydrogen-bond donors (Lipinski definition) is 0. The molecular formula is C47H42N8O. The first-order valence-electron chi connectivity index (χ1n) is 19.5. The van der Waals surface area contributed by atoms with Gasteiger partial charge in [0.05, 0.1) is 6.54 Å². The Balaban J connectivity index is 1.12. The van der Waals surface area contributed by atoms with Crippen LogP contribution in [0.2, 0.25) is 0 Å². The number of hydrogen-bond acceptors (Lipinski definition) is 6. The summed E-state index contributed by atoms with van der Waals surface area (Å²) in [5, 5.41) is 13.9. The number of nitrogens with zero attached hydrogens (tertiary/aromatic N) is 8. The second kappa shape index (κ2) is 15.2. The molecule has 0 bridgehead atoms. The fraction of sp³-hybridized carbons (Fsp3) is 0.191. The van der Waals surface area contributed by atoms with Crippen LogP contribution < -0.4 is 4.90 Å². The minimum Gasteiger partial charge on any atom is -0.308 e. The Morgan fingerprint density at radius 1 is 0.679 bits per heavy atom. The second-order valence-corrected chi connectivity index (χ2v) is 14.3. The van der Waals surface area contributed by atoms with E-state index >= 15 is 0 Å². The average molecular weight is 735 g/mol. The Hall–Kier alpha value is -6.74. The number of aryl methyl sites for hydroxylation is 1. The van der Waals surface area contributed by atoms with Gasteiger partial charge >= 0.3 is 0 Å². The molecule has 0 spiro atoms. The minimum absolute atomic E-state index is 0.130. The van der Waals surface area contributed by atoms with Gasteiger partial charge in [-0.05, 0) is 68.8 Å². The highest BCUT2D eigenvalue weighted by molar-refractivity contribution is 5.95. The molecule has 0 unspecified atom stereocenters. The highest BCUT2D eigenvalue weighted by Gasteiger charge is 2.42. The van der Waals surface area contributed by atoms with E-state index in [9.17, 15) is 4.79 Å². The summed E-state index contributed by atoms with van der Waals surface area (Å²) in [6.45, 7) is 3.52. The summed E-state index contributed by atoms with van der Waals surface area (Å²) in [6.07, 6.45) is 4.40. The van der Waals surface area contributed by atoms with Gasteiger partial charge in [0.2, 0.25) is 5.91 Å². The lowest BCUT2D eigenvalue weighted by Crippen LogP contribution is -2.39. The van der Waals surface area contributed by atoms with Gasteiger partial charge in [-0.3, -0.25) is 9.69 Å². The van der Waals surface area contributed by atoms with Crippen LogP contribution in [0.4, 0.5) is 5.82 Å². The monoisotopic (exact) mass is 734 g/mol. The van der Waals surface area contributed by atoms with Crippen LogP contribution in [0.3, 0.4) is 0 Å². The third-order valence-electron chi connectivity index (χ3n) is 10.9. The predicted molar refractivity (Wildman–Crippen MR) is 220 cm³/mol. The minimum atomic E-state index is -0.862. The maximum Gasteiger partial charge on any atom is 0.228 e. The summed E-state index contributed by atoms with van der Waals surface area (Å²) in [5.41, 5.74) is 8.08. The van der Waals surface area contributed by atoms with Crippen LogP contribution in [0, 0.1) is 0 Å². The number of amides is 1. The summed E-state index contributed by atoms with van der Waals surface area (Å²) in [4.78, 5) is 24.4.